The third-order valence-electron chi connectivity index (χ3n) is 6.50. The van der Waals surface area contributed by atoms with Crippen molar-refractivity contribution in [3.05, 3.63) is 28.8 Å². The summed E-state index contributed by atoms with van der Waals surface area (Å²) in [4.78, 5) is 15.3. The van der Waals surface area contributed by atoms with Crippen LogP contribution in [0.5, 0.6) is 5.75 Å². The number of thioether (sulfide) groups is 1. The molecule has 1 amide bonds. The van der Waals surface area contributed by atoms with Crippen LogP contribution in [-0.2, 0) is 15.6 Å². The maximum atomic E-state index is 13.1. The molecule has 174 valence electrons. The lowest BCUT2D eigenvalue weighted by Crippen LogP contribution is -2.62. The molecule has 2 aliphatic heterocycles. The highest BCUT2D eigenvalue weighted by molar-refractivity contribution is 8.00. The van der Waals surface area contributed by atoms with Crippen LogP contribution in [0.25, 0.3) is 0 Å². The normalized spacial score (nSPS) is 24.6. The maximum Gasteiger partial charge on any atom is 0.234 e. The van der Waals surface area contributed by atoms with Gasteiger partial charge >= 0.3 is 0 Å². The quantitative estimate of drug-likeness (QED) is 0.596. The van der Waals surface area contributed by atoms with E-state index in [2.05, 4.69) is 91.6 Å². The van der Waals surface area contributed by atoms with E-state index in [0.717, 1.165) is 29.5 Å². The van der Waals surface area contributed by atoms with Crippen LogP contribution in [0.1, 0.15) is 104 Å². The molecule has 1 aromatic rings. The average Bonchev–Trinajstić information content (AvgIpc) is 2.91. The summed E-state index contributed by atoms with van der Waals surface area (Å²) in [5.41, 5.74) is 2.65. The number of carbonyl (C=O) groups excluding carboxylic acids is 1. The SMILES string of the molecule is CC1(C)CC(N2C(=O)CSC2c2cc(C(C)(C)C)c(O)c(C(C)(C)C)c2)CC(C)(C)N1. The van der Waals surface area contributed by atoms with E-state index in [9.17, 15) is 9.90 Å². The fraction of sp³-hybridized carbons (Fsp3) is 0.731. The summed E-state index contributed by atoms with van der Waals surface area (Å²) in [6.07, 6.45) is 1.88. The summed E-state index contributed by atoms with van der Waals surface area (Å²) in [6, 6.07) is 4.49. The predicted octanol–water partition coefficient (Wildman–Crippen LogP) is 5.87. The molecule has 1 aromatic carbocycles. The number of carbonyl (C=O) groups is 1. The molecule has 0 spiro atoms. The summed E-state index contributed by atoms with van der Waals surface area (Å²) in [7, 11) is 0. The zero-order valence-corrected chi connectivity index (χ0v) is 22.0. The number of phenols is 1. The number of piperidine rings is 1. The number of nitrogens with one attached hydrogen (secondary N) is 1. The van der Waals surface area contributed by atoms with Crippen molar-refractivity contribution >= 4 is 17.7 Å². The van der Waals surface area contributed by atoms with Gasteiger partial charge in [-0.2, -0.15) is 0 Å². The molecule has 0 radical (unpaired) electrons. The Balaban J connectivity index is 2.10. The third-order valence-corrected chi connectivity index (χ3v) is 7.73. The standard InChI is InChI=1S/C26H42N2O2S/c1-23(2,3)18-11-16(12-19(21(18)30)24(4,5)6)22-28(20(29)15-31-22)17-13-25(7,8)27-26(9,10)14-17/h11-12,17,22,27,30H,13-15H2,1-10H3. The van der Waals surface area contributed by atoms with Crippen LogP contribution in [0, 0.1) is 0 Å². The number of hydrogen-bond acceptors (Lipinski definition) is 4. The minimum atomic E-state index is -0.184. The number of hydrogen-bond donors (Lipinski definition) is 2. The van der Waals surface area contributed by atoms with Crippen LogP contribution in [0.4, 0.5) is 0 Å². The first kappa shape index (κ1) is 24.4. The molecule has 1 atom stereocenters. The Morgan fingerprint density at radius 1 is 0.968 bits per heavy atom. The van der Waals surface area contributed by atoms with Crippen molar-refractivity contribution in [2.24, 2.45) is 0 Å². The van der Waals surface area contributed by atoms with Crippen LogP contribution in [0.2, 0.25) is 0 Å². The van der Waals surface area contributed by atoms with Gasteiger partial charge in [0.2, 0.25) is 5.91 Å². The van der Waals surface area contributed by atoms with Crippen molar-refractivity contribution in [2.75, 3.05) is 5.75 Å². The number of phenolic OH excluding ortho intramolecular Hbond substituents is 1. The lowest BCUT2D eigenvalue weighted by Gasteiger charge is -2.50. The van der Waals surface area contributed by atoms with Gasteiger partial charge in [0.1, 0.15) is 11.1 Å². The Kier molecular flexibility index (Phi) is 6.06. The van der Waals surface area contributed by atoms with Gasteiger partial charge in [-0.1, -0.05) is 41.5 Å². The van der Waals surface area contributed by atoms with Gasteiger partial charge in [-0.05, 0) is 80.2 Å². The molecule has 2 fully saturated rings. The molecule has 1 unspecified atom stereocenters. The van der Waals surface area contributed by atoms with Crippen molar-refractivity contribution in [3.63, 3.8) is 0 Å². The monoisotopic (exact) mass is 446 g/mol. The Bertz CT molecular complexity index is 810. The van der Waals surface area contributed by atoms with E-state index >= 15 is 0 Å². The maximum absolute atomic E-state index is 13.1. The zero-order chi connectivity index (χ0) is 23.6. The first-order valence-corrected chi connectivity index (χ1v) is 12.6. The molecule has 3 rings (SSSR count). The molecule has 2 N–H and O–H groups in total. The van der Waals surface area contributed by atoms with Crippen LogP contribution < -0.4 is 5.32 Å². The number of amides is 1. The van der Waals surface area contributed by atoms with Crippen molar-refractivity contribution in [1.82, 2.24) is 10.2 Å². The van der Waals surface area contributed by atoms with Gasteiger partial charge in [0.25, 0.3) is 0 Å². The van der Waals surface area contributed by atoms with Gasteiger partial charge in [0.15, 0.2) is 0 Å². The predicted molar refractivity (Wildman–Crippen MR) is 132 cm³/mol. The molecule has 5 heteroatoms. The highest BCUT2D eigenvalue weighted by Crippen LogP contribution is 2.48. The highest BCUT2D eigenvalue weighted by Gasteiger charge is 2.46. The van der Waals surface area contributed by atoms with Gasteiger partial charge in [0.05, 0.1) is 5.75 Å². The molecular weight excluding hydrogens is 404 g/mol. The smallest absolute Gasteiger partial charge is 0.234 e. The van der Waals surface area contributed by atoms with E-state index in [-0.39, 0.29) is 39.2 Å². The first-order chi connectivity index (χ1) is 13.9. The van der Waals surface area contributed by atoms with Crippen molar-refractivity contribution in [1.29, 1.82) is 0 Å². The lowest BCUT2D eigenvalue weighted by molar-refractivity contribution is -0.132. The van der Waals surface area contributed by atoms with E-state index in [1.165, 1.54) is 0 Å². The Morgan fingerprint density at radius 3 is 1.84 bits per heavy atom. The molecule has 2 heterocycles. The second-order valence-electron chi connectivity index (χ2n) is 12.9. The average molecular weight is 447 g/mol. The highest BCUT2D eigenvalue weighted by atomic mass is 32.2. The molecule has 0 aliphatic carbocycles. The van der Waals surface area contributed by atoms with Crippen LogP contribution in [-0.4, -0.2) is 38.8 Å². The van der Waals surface area contributed by atoms with Crippen LogP contribution in [0.15, 0.2) is 12.1 Å². The number of nitrogens with zero attached hydrogens (tertiary/aromatic N) is 1. The van der Waals surface area contributed by atoms with Gasteiger partial charge in [-0.3, -0.25) is 4.79 Å². The summed E-state index contributed by atoms with van der Waals surface area (Å²) in [5.74, 6) is 1.15. The number of benzene rings is 1. The first-order valence-electron chi connectivity index (χ1n) is 11.5. The minimum Gasteiger partial charge on any atom is -0.507 e. The molecule has 2 saturated heterocycles. The second kappa shape index (κ2) is 7.69. The Morgan fingerprint density at radius 2 is 1.42 bits per heavy atom. The lowest BCUT2D eigenvalue weighted by atomic mass is 9.77. The summed E-state index contributed by atoms with van der Waals surface area (Å²) >= 11 is 1.72. The molecule has 0 aromatic heterocycles. The Labute approximate surface area is 193 Å². The van der Waals surface area contributed by atoms with Gasteiger partial charge < -0.3 is 15.3 Å². The van der Waals surface area contributed by atoms with Gasteiger partial charge in [0, 0.05) is 17.1 Å². The summed E-state index contributed by atoms with van der Waals surface area (Å²) < 4.78 is 0. The molecule has 0 bridgehead atoms. The Hall–Kier alpha value is -1.20. The van der Waals surface area contributed by atoms with E-state index in [0.29, 0.717) is 11.5 Å². The van der Waals surface area contributed by atoms with Crippen LogP contribution in [0.3, 0.4) is 0 Å². The number of rotatable bonds is 2. The van der Waals surface area contributed by atoms with Crippen molar-refractivity contribution < 1.29 is 9.90 Å². The van der Waals surface area contributed by atoms with E-state index in [1.807, 2.05) is 0 Å². The fourth-order valence-corrected chi connectivity index (χ4v) is 6.72. The summed E-state index contributed by atoms with van der Waals surface area (Å²) in [6.45, 7) is 21.8. The molecule has 0 saturated carbocycles. The van der Waals surface area contributed by atoms with E-state index < -0.39 is 0 Å². The second-order valence-corrected chi connectivity index (χ2v) is 14.0. The third kappa shape index (κ3) is 5.08. The molecule has 4 nitrogen and oxygen atoms in total. The van der Waals surface area contributed by atoms with Crippen molar-refractivity contribution in [2.45, 2.75) is 115 Å². The zero-order valence-electron chi connectivity index (χ0n) is 21.1. The van der Waals surface area contributed by atoms with E-state index in [1.54, 1.807) is 11.8 Å². The topological polar surface area (TPSA) is 52.6 Å². The minimum absolute atomic E-state index is 0.00926. The largest absolute Gasteiger partial charge is 0.507 e. The van der Waals surface area contributed by atoms with E-state index in [4.69, 9.17) is 0 Å². The molecular formula is C26H42N2O2S. The van der Waals surface area contributed by atoms with Crippen LogP contribution >= 0.6 is 11.8 Å². The molecule has 2 aliphatic rings. The summed E-state index contributed by atoms with van der Waals surface area (Å²) in [5, 5.41) is 14.9. The molecule has 31 heavy (non-hydrogen) atoms. The van der Waals surface area contributed by atoms with Gasteiger partial charge in [-0.15, -0.1) is 11.8 Å². The number of aromatic hydroxyl groups is 1. The fourth-order valence-electron chi connectivity index (χ4n) is 5.50. The van der Waals surface area contributed by atoms with Gasteiger partial charge in [-0.25, -0.2) is 0 Å². The van der Waals surface area contributed by atoms with Crippen molar-refractivity contribution in [3.8, 4) is 5.75 Å².